The van der Waals surface area contributed by atoms with Gasteiger partial charge >= 0.3 is 0 Å². The maximum absolute atomic E-state index is 13.6. The van der Waals surface area contributed by atoms with Crippen LogP contribution in [0.25, 0.3) is 0 Å². The van der Waals surface area contributed by atoms with Crippen molar-refractivity contribution >= 4 is 17.6 Å². The molecule has 28 heavy (non-hydrogen) atoms. The number of aryl methyl sites for hydroxylation is 1. The van der Waals surface area contributed by atoms with Crippen LogP contribution in [-0.2, 0) is 24.4 Å². The summed E-state index contributed by atoms with van der Waals surface area (Å²) in [7, 11) is 0. The summed E-state index contributed by atoms with van der Waals surface area (Å²) in [6.45, 7) is 1.14. The second kappa shape index (κ2) is 7.64. The lowest BCUT2D eigenvalue weighted by Crippen LogP contribution is -2.36. The van der Waals surface area contributed by atoms with Crippen LogP contribution in [0, 0.1) is 5.82 Å². The highest BCUT2D eigenvalue weighted by Gasteiger charge is 2.24. The number of carbonyl (C=O) groups is 2. The molecule has 0 spiro atoms. The number of rotatable bonds is 5. The van der Waals surface area contributed by atoms with Gasteiger partial charge in [0, 0.05) is 30.2 Å². The van der Waals surface area contributed by atoms with Crippen LogP contribution >= 0.6 is 0 Å². The van der Waals surface area contributed by atoms with Gasteiger partial charge in [-0.05, 0) is 23.8 Å². The van der Waals surface area contributed by atoms with Crippen LogP contribution in [0.1, 0.15) is 27.9 Å². The Balaban J connectivity index is 1.41. The van der Waals surface area contributed by atoms with Crippen molar-refractivity contribution in [1.82, 2.24) is 15.1 Å². The van der Waals surface area contributed by atoms with E-state index >= 15 is 0 Å². The van der Waals surface area contributed by atoms with E-state index < -0.39 is 0 Å². The van der Waals surface area contributed by atoms with Crippen molar-refractivity contribution in [2.45, 2.75) is 26.1 Å². The maximum atomic E-state index is 13.6. The minimum atomic E-state index is -0.344. The largest absolute Gasteiger partial charge is 0.348 e. The maximum Gasteiger partial charge on any atom is 0.251 e. The van der Waals surface area contributed by atoms with Crippen LogP contribution < -0.4 is 10.2 Å². The second-order valence-electron chi connectivity index (χ2n) is 6.61. The lowest BCUT2D eigenvalue weighted by Gasteiger charge is -2.27. The van der Waals surface area contributed by atoms with Crippen molar-refractivity contribution in [3.63, 3.8) is 0 Å². The van der Waals surface area contributed by atoms with E-state index in [0.717, 1.165) is 11.4 Å². The molecule has 3 aromatic rings. The molecule has 2 amide bonds. The lowest BCUT2D eigenvalue weighted by molar-refractivity contribution is -0.119. The summed E-state index contributed by atoms with van der Waals surface area (Å²) >= 11 is 0. The Morgan fingerprint density at radius 1 is 1.11 bits per heavy atom. The van der Waals surface area contributed by atoms with Crippen molar-refractivity contribution in [2.24, 2.45) is 0 Å². The topological polar surface area (TPSA) is 67.2 Å². The standard InChI is InChI=1S/C21H19FN4O2/c22-18-4-2-1-3-17(18)13-23-21(28)16-7-5-15(6-8-16)14-25-19-9-11-24-26(19)12-10-20(25)27/h1-9,11H,10,12-14H2,(H,23,28). The molecule has 7 heteroatoms. The van der Waals surface area contributed by atoms with Gasteiger partial charge < -0.3 is 5.32 Å². The molecule has 1 aliphatic rings. The first kappa shape index (κ1) is 17.9. The minimum Gasteiger partial charge on any atom is -0.348 e. The normalized spacial score (nSPS) is 13.3. The number of hydrogen-bond donors (Lipinski definition) is 1. The first-order valence-corrected chi connectivity index (χ1v) is 9.04. The predicted octanol–water partition coefficient (Wildman–Crippen LogP) is 2.89. The highest BCUT2D eigenvalue weighted by Crippen LogP contribution is 2.23. The number of nitrogens with one attached hydrogen (secondary N) is 1. The van der Waals surface area contributed by atoms with E-state index in [1.54, 1.807) is 41.4 Å². The molecule has 0 aliphatic carbocycles. The number of hydrogen-bond acceptors (Lipinski definition) is 3. The fraction of sp³-hybridized carbons (Fsp3) is 0.190. The number of fused-ring (bicyclic) bond motifs is 1. The molecule has 0 radical (unpaired) electrons. The van der Waals surface area contributed by atoms with E-state index in [-0.39, 0.29) is 24.2 Å². The van der Waals surface area contributed by atoms with E-state index in [4.69, 9.17) is 0 Å². The van der Waals surface area contributed by atoms with Gasteiger partial charge in [0.05, 0.1) is 19.3 Å². The fourth-order valence-corrected chi connectivity index (χ4v) is 3.22. The molecule has 0 atom stereocenters. The molecule has 1 aromatic heterocycles. The van der Waals surface area contributed by atoms with E-state index in [1.807, 2.05) is 22.9 Å². The number of aromatic nitrogens is 2. The first-order valence-electron chi connectivity index (χ1n) is 9.04. The number of carbonyl (C=O) groups excluding carboxylic acids is 2. The highest BCUT2D eigenvalue weighted by atomic mass is 19.1. The van der Waals surface area contributed by atoms with Crippen molar-refractivity contribution in [1.29, 1.82) is 0 Å². The van der Waals surface area contributed by atoms with Crippen molar-refractivity contribution in [3.8, 4) is 0 Å². The van der Waals surface area contributed by atoms with Gasteiger partial charge in [-0.2, -0.15) is 5.10 Å². The van der Waals surface area contributed by atoms with E-state index in [1.165, 1.54) is 6.07 Å². The third-order valence-corrected chi connectivity index (χ3v) is 4.76. The Morgan fingerprint density at radius 3 is 2.68 bits per heavy atom. The average molecular weight is 378 g/mol. The number of halogens is 1. The van der Waals surface area contributed by atoms with Gasteiger partial charge in [0.25, 0.3) is 5.91 Å². The number of anilines is 1. The van der Waals surface area contributed by atoms with E-state index in [0.29, 0.717) is 30.6 Å². The molecule has 1 N–H and O–H groups in total. The Morgan fingerprint density at radius 2 is 1.89 bits per heavy atom. The van der Waals surface area contributed by atoms with E-state index in [2.05, 4.69) is 10.4 Å². The van der Waals surface area contributed by atoms with Crippen molar-refractivity contribution in [3.05, 3.63) is 83.3 Å². The number of amides is 2. The zero-order chi connectivity index (χ0) is 19.5. The molecule has 0 unspecified atom stereocenters. The van der Waals surface area contributed by atoms with Gasteiger partial charge in [0.2, 0.25) is 5.91 Å². The zero-order valence-corrected chi connectivity index (χ0v) is 15.1. The summed E-state index contributed by atoms with van der Waals surface area (Å²) < 4.78 is 15.5. The van der Waals surface area contributed by atoms with Crippen LogP contribution in [-0.4, -0.2) is 21.6 Å². The van der Waals surface area contributed by atoms with Crippen LogP contribution in [0.15, 0.2) is 60.8 Å². The highest BCUT2D eigenvalue weighted by molar-refractivity contribution is 5.95. The van der Waals surface area contributed by atoms with Crippen LogP contribution in [0.3, 0.4) is 0 Å². The molecule has 2 heterocycles. The molecule has 1 aliphatic heterocycles. The molecule has 0 fully saturated rings. The van der Waals surface area contributed by atoms with Gasteiger partial charge in [-0.15, -0.1) is 0 Å². The van der Waals surface area contributed by atoms with Crippen molar-refractivity contribution in [2.75, 3.05) is 4.90 Å². The Bertz CT molecular complexity index is 1010. The molecule has 2 aromatic carbocycles. The SMILES string of the molecule is O=C(NCc1ccccc1F)c1ccc(CN2C(=O)CCn3nccc32)cc1. The number of benzene rings is 2. The molecule has 0 saturated carbocycles. The van der Waals surface area contributed by atoms with E-state index in [9.17, 15) is 14.0 Å². The third-order valence-electron chi connectivity index (χ3n) is 4.76. The quantitative estimate of drug-likeness (QED) is 0.742. The summed E-state index contributed by atoms with van der Waals surface area (Å²) in [5.41, 5.74) is 1.83. The van der Waals surface area contributed by atoms with Gasteiger partial charge in [0.15, 0.2) is 0 Å². The van der Waals surface area contributed by atoms with Gasteiger partial charge in [-0.25, -0.2) is 9.07 Å². The van der Waals surface area contributed by atoms with Gasteiger partial charge in [-0.3, -0.25) is 14.5 Å². The first-order chi connectivity index (χ1) is 13.6. The molecular weight excluding hydrogens is 359 g/mol. The lowest BCUT2D eigenvalue weighted by atomic mass is 10.1. The summed E-state index contributed by atoms with van der Waals surface area (Å²) in [6.07, 6.45) is 2.11. The molecule has 0 bridgehead atoms. The fourth-order valence-electron chi connectivity index (χ4n) is 3.22. The van der Waals surface area contributed by atoms with Gasteiger partial charge in [-0.1, -0.05) is 30.3 Å². The zero-order valence-electron chi connectivity index (χ0n) is 15.1. The smallest absolute Gasteiger partial charge is 0.251 e. The molecule has 6 nitrogen and oxygen atoms in total. The molecular formula is C21H19FN4O2. The van der Waals surface area contributed by atoms with Crippen LogP contribution in [0.2, 0.25) is 0 Å². The second-order valence-corrected chi connectivity index (χ2v) is 6.61. The Kier molecular flexibility index (Phi) is 4.89. The van der Waals surface area contributed by atoms with Crippen LogP contribution in [0.5, 0.6) is 0 Å². The number of nitrogens with zero attached hydrogens (tertiary/aromatic N) is 3. The minimum absolute atomic E-state index is 0.0553. The molecule has 4 rings (SSSR count). The third kappa shape index (κ3) is 3.64. The van der Waals surface area contributed by atoms with Crippen molar-refractivity contribution < 1.29 is 14.0 Å². The van der Waals surface area contributed by atoms with Crippen LogP contribution in [0.4, 0.5) is 10.2 Å². The average Bonchev–Trinajstić information content (AvgIpc) is 3.19. The summed E-state index contributed by atoms with van der Waals surface area (Å²) in [6, 6.07) is 15.2. The summed E-state index contributed by atoms with van der Waals surface area (Å²) in [4.78, 5) is 26.3. The monoisotopic (exact) mass is 378 g/mol. The summed E-state index contributed by atoms with van der Waals surface area (Å²) in [5, 5.41) is 6.93. The predicted molar refractivity (Wildman–Crippen MR) is 102 cm³/mol. The summed E-state index contributed by atoms with van der Waals surface area (Å²) in [5.74, 6) is 0.216. The Labute approximate surface area is 161 Å². The molecule has 142 valence electrons. The Hall–Kier alpha value is -3.48. The van der Waals surface area contributed by atoms with Gasteiger partial charge in [0.1, 0.15) is 11.6 Å². The molecule has 0 saturated heterocycles.